The summed E-state index contributed by atoms with van der Waals surface area (Å²) in [6.07, 6.45) is 5.83. The van der Waals surface area contributed by atoms with E-state index in [-0.39, 0.29) is 30.9 Å². The zero-order valence-electron chi connectivity index (χ0n) is 11.4. The molecule has 1 saturated carbocycles. The number of rotatable bonds is 6. The third kappa shape index (κ3) is 5.07. The highest BCUT2D eigenvalue weighted by molar-refractivity contribution is 5.77. The Hall–Kier alpha value is -1.06. The minimum absolute atomic E-state index is 0.0541. The third-order valence-electron chi connectivity index (χ3n) is 3.49. The Kier molecular flexibility index (Phi) is 6.76. The van der Waals surface area contributed by atoms with Crippen LogP contribution in [0.4, 0.5) is 0 Å². The van der Waals surface area contributed by atoms with Gasteiger partial charge in [-0.15, -0.1) is 0 Å². The van der Waals surface area contributed by atoms with Gasteiger partial charge in [-0.25, -0.2) is 0 Å². The van der Waals surface area contributed by atoms with Gasteiger partial charge in [-0.05, 0) is 38.5 Å². The second kappa shape index (κ2) is 8.11. The molecule has 0 radical (unpaired) electrons. The lowest BCUT2D eigenvalue weighted by Crippen LogP contribution is -2.29. The Morgan fingerprint density at radius 3 is 2.39 bits per heavy atom. The lowest BCUT2D eigenvalue weighted by molar-refractivity contribution is -0.157. The zero-order chi connectivity index (χ0) is 13.4. The van der Waals surface area contributed by atoms with Crippen LogP contribution in [0.25, 0.3) is 0 Å². The van der Waals surface area contributed by atoms with Crippen molar-refractivity contribution in [3.8, 4) is 0 Å². The summed E-state index contributed by atoms with van der Waals surface area (Å²) in [5, 5.41) is 0. The molecule has 104 valence electrons. The Labute approximate surface area is 109 Å². The predicted molar refractivity (Wildman–Crippen MR) is 68.0 cm³/mol. The van der Waals surface area contributed by atoms with E-state index in [1.54, 1.807) is 6.92 Å². The first-order valence-corrected chi connectivity index (χ1v) is 7.02. The molecule has 0 saturated heterocycles. The average Bonchev–Trinajstić information content (AvgIpc) is 2.37. The van der Waals surface area contributed by atoms with Crippen LogP contribution >= 0.6 is 0 Å². The highest BCUT2D eigenvalue weighted by Gasteiger charge is 2.26. The second-order valence-corrected chi connectivity index (χ2v) is 4.79. The number of ether oxygens (including phenoxy) is 2. The molecule has 1 rings (SSSR count). The maximum atomic E-state index is 11.7. The molecule has 4 heteroatoms. The van der Waals surface area contributed by atoms with E-state index in [0.29, 0.717) is 12.5 Å². The van der Waals surface area contributed by atoms with E-state index < -0.39 is 0 Å². The summed E-state index contributed by atoms with van der Waals surface area (Å²) in [5.74, 6) is -0.108. The second-order valence-electron chi connectivity index (χ2n) is 4.79. The molecule has 0 bridgehead atoms. The Morgan fingerprint density at radius 2 is 1.72 bits per heavy atom. The van der Waals surface area contributed by atoms with Crippen LogP contribution in [-0.4, -0.2) is 24.6 Å². The van der Waals surface area contributed by atoms with Gasteiger partial charge in [0.15, 0.2) is 0 Å². The van der Waals surface area contributed by atoms with Gasteiger partial charge in [0.2, 0.25) is 0 Å². The first kappa shape index (κ1) is 15.0. The minimum atomic E-state index is -0.329. The van der Waals surface area contributed by atoms with Gasteiger partial charge in [0.25, 0.3) is 0 Å². The van der Waals surface area contributed by atoms with Crippen molar-refractivity contribution in [2.24, 2.45) is 5.92 Å². The maximum Gasteiger partial charge on any atom is 0.306 e. The fourth-order valence-electron chi connectivity index (χ4n) is 2.46. The first-order valence-electron chi connectivity index (χ1n) is 7.02. The van der Waals surface area contributed by atoms with Gasteiger partial charge in [0.1, 0.15) is 6.10 Å². The van der Waals surface area contributed by atoms with Crippen LogP contribution in [-0.2, 0) is 19.1 Å². The molecule has 0 spiro atoms. The standard InChI is InChI=1S/C14H24O4/c1-3-11-7-5-6-8-12(11)18-14(16)10-9-13(15)17-4-2/h11-12H,3-10H2,1-2H3. The Bertz CT molecular complexity index is 275. The van der Waals surface area contributed by atoms with E-state index in [9.17, 15) is 9.59 Å². The number of esters is 2. The van der Waals surface area contributed by atoms with Crippen LogP contribution in [0.2, 0.25) is 0 Å². The molecular formula is C14H24O4. The molecule has 0 N–H and O–H groups in total. The van der Waals surface area contributed by atoms with E-state index in [1.165, 1.54) is 6.42 Å². The van der Waals surface area contributed by atoms with Crippen LogP contribution < -0.4 is 0 Å². The van der Waals surface area contributed by atoms with Gasteiger partial charge in [0, 0.05) is 0 Å². The third-order valence-corrected chi connectivity index (χ3v) is 3.49. The van der Waals surface area contributed by atoms with Crippen molar-refractivity contribution in [3.05, 3.63) is 0 Å². The normalized spacial score (nSPS) is 23.4. The summed E-state index contributed by atoms with van der Waals surface area (Å²) < 4.78 is 10.3. The summed E-state index contributed by atoms with van der Waals surface area (Å²) in [6.45, 7) is 4.24. The molecule has 1 aliphatic rings. The van der Waals surface area contributed by atoms with E-state index in [0.717, 1.165) is 25.7 Å². The fourth-order valence-corrected chi connectivity index (χ4v) is 2.46. The van der Waals surface area contributed by atoms with Crippen molar-refractivity contribution in [2.45, 2.75) is 64.9 Å². The molecule has 0 aromatic rings. The lowest BCUT2D eigenvalue weighted by Gasteiger charge is -2.30. The highest BCUT2D eigenvalue weighted by Crippen LogP contribution is 2.29. The van der Waals surface area contributed by atoms with Crippen LogP contribution in [0.3, 0.4) is 0 Å². The van der Waals surface area contributed by atoms with Crippen LogP contribution in [0.15, 0.2) is 0 Å². The highest BCUT2D eigenvalue weighted by atomic mass is 16.5. The van der Waals surface area contributed by atoms with Crippen LogP contribution in [0.1, 0.15) is 58.8 Å². The first-order chi connectivity index (χ1) is 8.67. The zero-order valence-corrected chi connectivity index (χ0v) is 11.4. The van der Waals surface area contributed by atoms with Gasteiger partial charge < -0.3 is 9.47 Å². The SMILES string of the molecule is CCOC(=O)CCC(=O)OC1CCCCC1CC. The molecule has 4 nitrogen and oxygen atoms in total. The molecule has 0 aliphatic heterocycles. The number of carbonyl (C=O) groups is 2. The largest absolute Gasteiger partial charge is 0.466 e. The quantitative estimate of drug-likeness (QED) is 0.686. The summed E-state index contributed by atoms with van der Waals surface area (Å²) in [4.78, 5) is 22.8. The molecule has 1 aliphatic carbocycles. The molecule has 18 heavy (non-hydrogen) atoms. The van der Waals surface area contributed by atoms with Crippen molar-refractivity contribution in [1.29, 1.82) is 0 Å². The van der Waals surface area contributed by atoms with Crippen molar-refractivity contribution < 1.29 is 19.1 Å². The molecule has 2 unspecified atom stereocenters. The van der Waals surface area contributed by atoms with Gasteiger partial charge in [-0.2, -0.15) is 0 Å². The molecule has 0 heterocycles. The van der Waals surface area contributed by atoms with E-state index >= 15 is 0 Å². The minimum Gasteiger partial charge on any atom is -0.466 e. The summed E-state index contributed by atoms with van der Waals surface area (Å²) in [7, 11) is 0. The topological polar surface area (TPSA) is 52.6 Å². The van der Waals surface area contributed by atoms with Crippen molar-refractivity contribution >= 4 is 11.9 Å². The van der Waals surface area contributed by atoms with E-state index in [4.69, 9.17) is 9.47 Å². The summed E-state index contributed by atoms with van der Waals surface area (Å²) >= 11 is 0. The fraction of sp³-hybridized carbons (Fsp3) is 0.857. The number of hydrogen-bond acceptors (Lipinski definition) is 4. The van der Waals surface area contributed by atoms with Gasteiger partial charge in [-0.3, -0.25) is 9.59 Å². The smallest absolute Gasteiger partial charge is 0.306 e. The summed E-state index contributed by atoms with van der Waals surface area (Å²) in [5.41, 5.74) is 0. The molecule has 2 atom stereocenters. The van der Waals surface area contributed by atoms with E-state index in [2.05, 4.69) is 6.92 Å². The molecule has 0 amide bonds. The monoisotopic (exact) mass is 256 g/mol. The Balaban J connectivity index is 2.27. The molecule has 1 fully saturated rings. The molecule has 0 aromatic carbocycles. The van der Waals surface area contributed by atoms with Crippen molar-refractivity contribution in [2.75, 3.05) is 6.61 Å². The number of hydrogen-bond donors (Lipinski definition) is 0. The number of carbonyl (C=O) groups excluding carboxylic acids is 2. The molecule has 0 aromatic heterocycles. The van der Waals surface area contributed by atoms with E-state index in [1.807, 2.05) is 0 Å². The predicted octanol–water partition coefficient (Wildman–Crippen LogP) is 2.84. The average molecular weight is 256 g/mol. The maximum absolute atomic E-state index is 11.7. The van der Waals surface area contributed by atoms with Crippen LogP contribution in [0.5, 0.6) is 0 Å². The molecular weight excluding hydrogens is 232 g/mol. The lowest BCUT2D eigenvalue weighted by atomic mass is 9.85. The van der Waals surface area contributed by atoms with Crippen molar-refractivity contribution in [1.82, 2.24) is 0 Å². The van der Waals surface area contributed by atoms with Crippen molar-refractivity contribution in [3.63, 3.8) is 0 Å². The van der Waals surface area contributed by atoms with Gasteiger partial charge >= 0.3 is 11.9 Å². The van der Waals surface area contributed by atoms with Crippen LogP contribution in [0, 0.1) is 5.92 Å². The summed E-state index contributed by atoms with van der Waals surface area (Å²) in [6, 6.07) is 0. The van der Waals surface area contributed by atoms with Gasteiger partial charge in [-0.1, -0.05) is 13.3 Å². The Morgan fingerprint density at radius 1 is 1.06 bits per heavy atom. The van der Waals surface area contributed by atoms with Gasteiger partial charge in [0.05, 0.1) is 19.4 Å².